The standard InChI is InChI=1S/C14H22N2O.2ClH/c1-15(2)10-13(11-16(3)4)14(17)12-8-6-5-7-9-12;;/h5-9,13H,10-11H2,1-4H3;2*1H. The van der Waals surface area contributed by atoms with Crippen molar-refractivity contribution in [1.29, 1.82) is 0 Å². The summed E-state index contributed by atoms with van der Waals surface area (Å²) in [5.41, 5.74) is 0.807. The zero-order chi connectivity index (χ0) is 12.8. The molecule has 1 aromatic carbocycles. The van der Waals surface area contributed by atoms with Crippen molar-refractivity contribution in [1.82, 2.24) is 9.80 Å². The van der Waals surface area contributed by atoms with Gasteiger partial charge in [-0.3, -0.25) is 4.79 Å². The van der Waals surface area contributed by atoms with Crippen LogP contribution in [0.5, 0.6) is 0 Å². The van der Waals surface area contributed by atoms with Crippen LogP contribution in [0, 0.1) is 5.92 Å². The summed E-state index contributed by atoms with van der Waals surface area (Å²) in [5, 5.41) is 0. The fourth-order valence-corrected chi connectivity index (χ4v) is 1.94. The molecule has 0 fully saturated rings. The maximum atomic E-state index is 12.4. The lowest BCUT2D eigenvalue weighted by Crippen LogP contribution is -2.35. The molecular weight excluding hydrogens is 283 g/mol. The van der Waals surface area contributed by atoms with Crippen molar-refractivity contribution >= 4 is 30.6 Å². The van der Waals surface area contributed by atoms with Crippen LogP contribution in [0.1, 0.15) is 10.4 Å². The van der Waals surface area contributed by atoms with Gasteiger partial charge in [-0.2, -0.15) is 0 Å². The van der Waals surface area contributed by atoms with Gasteiger partial charge in [-0.1, -0.05) is 30.3 Å². The molecule has 1 rings (SSSR count). The first kappa shape index (κ1) is 20.7. The van der Waals surface area contributed by atoms with Crippen LogP contribution < -0.4 is 0 Å². The Morgan fingerprint density at radius 3 is 1.74 bits per heavy atom. The van der Waals surface area contributed by atoms with Gasteiger partial charge in [0.05, 0.1) is 0 Å². The minimum atomic E-state index is 0. The summed E-state index contributed by atoms with van der Waals surface area (Å²) in [4.78, 5) is 16.5. The quantitative estimate of drug-likeness (QED) is 0.754. The molecule has 0 aliphatic heterocycles. The summed E-state index contributed by atoms with van der Waals surface area (Å²) < 4.78 is 0. The van der Waals surface area contributed by atoms with E-state index in [0.29, 0.717) is 0 Å². The minimum Gasteiger partial charge on any atom is -0.309 e. The smallest absolute Gasteiger partial charge is 0.168 e. The zero-order valence-electron chi connectivity index (χ0n) is 12.0. The highest BCUT2D eigenvalue weighted by Gasteiger charge is 2.21. The first-order valence-electron chi connectivity index (χ1n) is 5.89. The average Bonchev–Trinajstić information content (AvgIpc) is 2.27. The molecule has 0 saturated heterocycles. The van der Waals surface area contributed by atoms with E-state index in [4.69, 9.17) is 0 Å². The third-order valence-electron chi connectivity index (χ3n) is 2.60. The molecule has 19 heavy (non-hydrogen) atoms. The van der Waals surface area contributed by atoms with Crippen molar-refractivity contribution in [2.45, 2.75) is 0 Å². The van der Waals surface area contributed by atoms with E-state index in [0.717, 1.165) is 18.7 Å². The molecule has 0 unspecified atom stereocenters. The molecule has 0 aromatic heterocycles. The number of hydrogen-bond acceptors (Lipinski definition) is 3. The van der Waals surface area contributed by atoms with Crippen LogP contribution in [0.3, 0.4) is 0 Å². The van der Waals surface area contributed by atoms with E-state index >= 15 is 0 Å². The van der Waals surface area contributed by atoms with E-state index in [-0.39, 0.29) is 36.5 Å². The van der Waals surface area contributed by atoms with Crippen molar-refractivity contribution in [3.8, 4) is 0 Å². The number of rotatable bonds is 6. The van der Waals surface area contributed by atoms with Gasteiger partial charge in [-0.15, -0.1) is 24.8 Å². The molecule has 0 amide bonds. The first-order valence-corrected chi connectivity index (χ1v) is 5.89. The van der Waals surface area contributed by atoms with Crippen LogP contribution in [0.2, 0.25) is 0 Å². The van der Waals surface area contributed by atoms with Crippen molar-refractivity contribution in [2.75, 3.05) is 41.3 Å². The maximum absolute atomic E-state index is 12.4. The van der Waals surface area contributed by atoms with Crippen molar-refractivity contribution in [2.24, 2.45) is 5.92 Å². The summed E-state index contributed by atoms with van der Waals surface area (Å²) in [6, 6.07) is 9.54. The topological polar surface area (TPSA) is 23.6 Å². The lowest BCUT2D eigenvalue weighted by Gasteiger charge is -2.23. The Bertz CT molecular complexity index is 346. The zero-order valence-corrected chi connectivity index (χ0v) is 13.6. The van der Waals surface area contributed by atoms with Crippen molar-refractivity contribution in [3.63, 3.8) is 0 Å². The molecule has 0 saturated carbocycles. The van der Waals surface area contributed by atoms with Crippen molar-refractivity contribution < 1.29 is 4.79 Å². The molecule has 0 N–H and O–H groups in total. The molecule has 1 aromatic rings. The first-order chi connectivity index (χ1) is 8.00. The second-order valence-electron chi connectivity index (χ2n) is 4.95. The van der Waals surface area contributed by atoms with Crippen LogP contribution in [0.4, 0.5) is 0 Å². The molecule has 110 valence electrons. The molecule has 0 aliphatic rings. The molecule has 5 heteroatoms. The third kappa shape index (κ3) is 7.53. The molecule has 3 nitrogen and oxygen atoms in total. The molecule has 0 heterocycles. The highest BCUT2D eigenvalue weighted by atomic mass is 35.5. The van der Waals surface area contributed by atoms with Crippen LogP contribution in [-0.2, 0) is 0 Å². The van der Waals surface area contributed by atoms with Gasteiger partial charge in [-0.05, 0) is 28.2 Å². The number of carbonyl (C=O) groups is 1. The van der Waals surface area contributed by atoms with Gasteiger partial charge in [0.2, 0.25) is 0 Å². The summed E-state index contributed by atoms with van der Waals surface area (Å²) in [6.45, 7) is 1.57. The Kier molecular flexibility index (Phi) is 11.1. The monoisotopic (exact) mass is 306 g/mol. The molecule has 0 aliphatic carbocycles. The number of hydrogen-bond donors (Lipinski definition) is 0. The fraction of sp³-hybridized carbons (Fsp3) is 0.500. The van der Waals surface area contributed by atoms with Gasteiger partial charge in [0.15, 0.2) is 5.78 Å². The Hall–Kier alpha value is -0.610. The number of carbonyl (C=O) groups excluding carboxylic acids is 1. The van der Waals surface area contributed by atoms with E-state index in [2.05, 4.69) is 9.80 Å². The van der Waals surface area contributed by atoms with E-state index in [1.54, 1.807) is 0 Å². The van der Waals surface area contributed by atoms with Gasteiger partial charge >= 0.3 is 0 Å². The minimum absolute atomic E-state index is 0. The number of Topliss-reactive ketones (excluding diaryl/α,β-unsaturated/α-hetero) is 1. The van der Waals surface area contributed by atoms with E-state index in [1.807, 2.05) is 58.5 Å². The third-order valence-corrected chi connectivity index (χ3v) is 2.60. The van der Waals surface area contributed by atoms with Crippen LogP contribution in [0.15, 0.2) is 30.3 Å². The second kappa shape index (κ2) is 10.2. The second-order valence-corrected chi connectivity index (χ2v) is 4.95. The Morgan fingerprint density at radius 2 is 1.37 bits per heavy atom. The van der Waals surface area contributed by atoms with Crippen LogP contribution in [0.25, 0.3) is 0 Å². The normalized spacial score (nSPS) is 10.3. The molecule has 0 atom stereocenters. The fourth-order valence-electron chi connectivity index (χ4n) is 1.94. The molecule has 0 radical (unpaired) electrons. The lowest BCUT2D eigenvalue weighted by molar-refractivity contribution is 0.0871. The van der Waals surface area contributed by atoms with Gasteiger partial charge in [-0.25, -0.2) is 0 Å². The number of benzene rings is 1. The predicted molar refractivity (Wildman–Crippen MR) is 85.9 cm³/mol. The average molecular weight is 307 g/mol. The lowest BCUT2D eigenvalue weighted by atomic mass is 9.97. The number of ketones is 1. The summed E-state index contributed by atoms with van der Waals surface area (Å²) in [6.07, 6.45) is 0. The highest BCUT2D eigenvalue weighted by molar-refractivity contribution is 5.98. The SMILES string of the molecule is CN(C)CC(CN(C)C)C(=O)c1ccccc1.Cl.Cl. The van der Waals surface area contributed by atoms with Crippen molar-refractivity contribution in [3.05, 3.63) is 35.9 Å². The maximum Gasteiger partial charge on any atom is 0.168 e. The van der Waals surface area contributed by atoms with E-state index < -0.39 is 0 Å². The Labute approximate surface area is 128 Å². The van der Waals surface area contributed by atoms with Gasteiger partial charge in [0.1, 0.15) is 0 Å². The number of halogens is 2. The largest absolute Gasteiger partial charge is 0.309 e. The summed E-state index contributed by atoms with van der Waals surface area (Å²) in [7, 11) is 8.00. The number of nitrogens with zero attached hydrogens (tertiary/aromatic N) is 2. The Morgan fingerprint density at radius 1 is 0.947 bits per heavy atom. The summed E-state index contributed by atoms with van der Waals surface area (Å²) in [5.74, 6) is 0.260. The van der Waals surface area contributed by atoms with Crippen LogP contribution in [-0.4, -0.2) is 56.9 Å². The van der Waals surface area contributed by atoms with Crippen LogP contribution >= 0.6 is 24.8 Å². The molecule has 0 bridgehead atoms. The summed E-state index contributed by atoms with van der Waals surface area (Å²) >= 11 is 0. The molecular formula is C14H24Cl2N2O. The van der Waals surface area contributed by atoms with Gasteiger partial charge in [0, 0.05) is 24.6 Å². The predicted octanol–water partition coefficient (Wildman–Crippen LogP) is 2.45. The highest BCUT2D eigenvalue weighted by Crippen LogP contribution is 2.11. The molecule has 0 spiro atoms. The van der Waals surface area contributed by atoms with Gasteiger partial charge in [0.25, 0.3) is 0 Å². The van der Waals surface area contributed by atoms with E-state index in [9.17, 15) is 4.79 Å². The van der Waals surface area contributed by atoms with Gasteiger partial charge < -0.3 is 9.80 Å². The Balaban J connectivity index is 0. The van der Waals surface area contributed by atoms with E-state index in [1.165, 1.54) is 0 Å².